The van der Waals surface area contributed by atoms with Crippen LogP contribution < -0.4 is 0 Å². The molecule has 0 atom stereocenters. The molecule has 0 aromatic heterocycles. The summed E-state index contributed by atoms with van der Waals surface area (Å²) in [6.07, 6.45) is 0.922. The quantitative estimate of drug-likeness (QED) is 0.490. The van der Waals surface area contributed by atoms with Crippen LogP contribution in [0.15, 0.2) is 0 Å². The Morgan fingerprint density at radius 3 is 2.27 bits per heavy atom. The number of carbonyl (C=O) groups is 1. The molecule has 0 aliphatic heterocycles. The normalized spacial score (nSPS) is 13.7. The second-order valence-corrected chi connectivity index (χ2v) is 5.74. The number of hydrogen-bond acceptors (Lipinski definition) is 5. The largest absolute Gasteiger partial charge is 0.465 e. The number of esters is 1. The van der Waals surface area contributed by atoms with Gasteiger partial charge in [0.1, 0.15) is 0 Å². The lowest BCUT2D eigenvalue weighted by Gasteiger charge is -2.21. The lowest BCUT2D eigenvalue weighted by atomic mass is 9.91. The maximum absolute atomic E-state index is 11.4. The highest BCUT2D eigenvalue weighted by atomic mass is 32.3. The Morgan fingerprint density at radius 1 is 1.33 bits per heavy atom. The summed E-state index contributed by atoms with van der Waals surface area (Å²) in [6, 6.07) is 0. The van der Waals surface area contributed by atoms with E-state index in [4.69, 9.17) is 18.4 Å². The Morgan fingerprint density at radius 2 is 1.87 bits per heavy atom. The van der Waals surface area contributed by atoms with Gasteiger partial charge in [0.25, 0.3) is 0 Å². The van der Waals surface area contributed by atoms with Crippen molar-refractivity contribution >= 4 is 16.8 Å². The molecule has 0 aliphatic carbocycles. The fourth-order valence-electron chi connectivity index (χ4n) is 0.757. The van der Waals surface area contributed by atoms with E-state index in [0.29, 0.717) is 6.42 Å². The lowest BCUT2D eigenvalue weighted by Crippen LogP contribution is -2.26. The SMILES string of the molecule is CCC(C)(C)C(=O)OCCCS(O)(O)O. The fourth-order valence-corrected chi connectivity index (χ4v) is 1.26. The molecule has 15 heavy (non-hydrogen) atoms. The van der Waals surface area contributed by atoms with E-state index < -0.39 is 16.3 Å². The summed E-state index contributed by atoms with van der Waals surface area (Å²) >= 11 is 0. The van der Waals surface area contributed by atoms with Gasteiger partial charge in [-0.05, 0) is 26.7 Å². The van der Waals surface area contributed by atoms with Crippen molar-refractivity contribution in [3.05, 3.63) is 0 Å². The third-order valence-electron chi connectivity index (χ3n) is 2.23. The van der Waals surface area contributed by atoms with Crippen LogP contribution in [0.4, 0.5) is 0 Å². The molecule has 92 valence electrons. The number of ether oxygens (including phenoxy) is 1. The molecule has 0 rings (SSSR count). The van der Waals surface area contributed by atoms with Gasteiger partial charge in [0.15, 0.2) is 0 Å². The van der Waals surface area contributed by atoms with E-state index in [0.717, 1.165) is 0 Å². The molecule has 0 aliphatic rings. The van der Waals surface area contributed by atoms with Crippen LogP contribution in [-0.2, 0) is 9.53 Å². The second kappa shape index (κ2) is 5.69. The zero-order chi connectivity index (χ0) is 12.1. The Labute approximate surface area is 92.0 Å². The first kappa shape index (κ1) is 14.7. The van der Waals surface area contributed by atoms with Gasteiger partial charge in [0.05, 0.1) is 22.9 Å². The number of rotatable bonds is 6. The third-order valence-corrected chi connectivity index (χ3v) is 3.07. The molecule has 0 radical (unpaired) electrons. The Balaban J connectivity index is 3.74. The van der Waals surface area contributed by atoms with Crippen molar-refractivity contribution in [1.82, 2.24) is 0 Å². The van der Waals surface area contributed by atoms with Gasteiger partial charge in [-0.15, -0.1) is 0 Å². The van der Waals surface area contributed by atoms with Crippen molar-refractivity contribution in [1.29, 1.82) is 0 Å². The summed E-state index contributed by atoms with van der Waals surface area (Å²) in [7, 11) is -3.45. The van der Waals surface area contributed by atoms with Crippen molar-refractivity contribution in [2.24, 2.45) is 5.41 Å². The summed E-state index contributed by atoms with van der Waals surface area (Å²) in [4.78, 5) is 11.4. The molecule has 0 bridgehead atoms. The second-order valence-electron chi connectivity index (χ2n) is 4.06. The van der Waals surface area contributed by atoms with Gasteiger partial charge in [0.2, 0.25) is 0 Å². The maximum atomic E-state index is 11.4. The van der Waals surface area contributed by atoms with Gasteiger partial charge in [0, 0.05) is 5.75 Å². The molecule has 5 nitrogen and oxygen atoms in total. The zero-order valence-corrected chi connectivity index (χ0v) is 10.2. The first-order valence-corrected chi connectivity index (χ1v) is 6.52. The highest BCUT2D eigenvalue weighted by Crippen LogP contribution is 2.32. The van der Waals surface area contributed by atoms with E-state index in [1.54, 1.807) is 13.8 Å². The van der Waals surface area contributed by atoms with Gasteiger partial charge in [-0.25, -0.2) is 0 Å². The van der Waals surface area contributed by atoms with Crippen molar-refractivity contribution in [2.75, 3.05) is 12.4 Å². The van der Waals surface area contributed by atoms with Gasteiger partial charge in [-0.2, -0.15) is 0 Å². The third kappa shape index (κ3) is 6.72. The summed E-state index contributed by atoms with van der Waals surface area (Å²) < 4.78 is 30.9. The standard InChI is InChI=1S/C9H20O5S/c1-4-9(2,3)8(10)14-6-5-7-15(11,12)13/h11-13H,4-7H2,1-3H3. The Hall–Kier alpha value is -0.300. The van der Waals surface area contributed by atoms with Crippen LogP contribution in [0.3, 0.4) is 0 Å². The highest BCUT2D eigenvalue weighted by molar-refractivity contribution is 8.19. The molecule has 0 aromatic rings. The fraction of sp³-hybridized carbons (Fsp3) is 0.889. The van der Waals surface area contributed by atoms with Crippen molar-refractivity contribution in [3.8, 4) is 0 Å². The van der Waals surface area contributed by atoms with E-state index in [9.17, 15) is 4.79 Å². The Kier molecular flexibility index (Phi) is 5.58. The predicted octanol–water partition coefficient (Wildman–Crippen LogP) is 2.58. The van der Waals surface area contributed by atoms with E-state index in [-0.39, 0.29) is 24.7 Å². The Bertz CT molecular complexity index is 209. The van der Waals surface area contributed by atoms with Crippen molar-refractivity contribution in [2.45, 2.75) is 33.6 Å². The minimum absolute atomic E-state index is 0.0959. The van der Waals surface area contributed by atoms with Gasteiger partial charge < -0.3 is 18.4 Å². The molecule has 0 amide bonds. The average molecular weight is 240 g/mol. The molecule has 0 aromatic carbocycles. The van der Waals surface area contributed by atoms with Crippen molar-refractivity contribution in [3.63, 3.8) is 0 Å². The monoisotopic (exact) mass is 240 g/mol. The van der Waals surface area contributed by atoms with Gasteiger partial charge in [-0.1, -0.05) is 6.92 Å². The average Bonchev–Trinajstić information content (AvgIpc) is 2.10. The van der Waals surface area contributed by atoms with Crippen LogP contribution >= 0.6 is 10.9 Å². The molecule has 0 saturated heterocycles. The molecule has 3 N–H and O–H groups in total. The van der Waals surface area contributed by atoms with E-state index in [1.165, 1.54) is 0 Å². The first-order valence-electron chi connectivity index (χ1n) is 4.84. The molecular weight excluding hydrogens is 220 g/mol. The smallest absolute Gasteiger partial charge is 0.311 e. The number of carbonyl (C=O) groups excluding carboxylic acids is 1. The van der Waals surface area contributed by atoms with Crippen LogP contribution in [0.5, 0.6) is 0 Å². The minimum Gasteiger partial charge on any atom is -0.465 e. The summed E-state index contributed by atoms with van der Waals surface area (Å²) in [5.74, 6) is -0.466. The molecule has 0 fully saturated rings. The molecule has 6 heteroatoms. The molecular formula is C9H20O5S. The molecule has 0 spiro atoms. The first-order chi connectivity index (χ1) is 6.69. The van der Waals surface area contributed by atoms with E-state index in [1.807, 2.05) is 6.92 Å². The van der Waals surface area contributed by atoms with Crippen molar-refractivity contribution < 1.29 is 23.2 Å². The molecule has 0 heterocycles. The van der Waals surface area contributed by atoms with Crippen LogP contribution in [0.25, 0.3) is 0 Å². The molecule has 0 unspecified atom stereocenters. The topological polar surface area (TPSA) is 87.0 Å². The lowest BCUT2D eigenvalue weighted by molar-refractivity contribution is -0.154. The van der Waals surface area contributed by atoms with Crippen LogP contribution in [0.1, 0.15) is 33.6 Å². The number of hydrogen-bond donors (Lipinski definition) is 3. The summed E-state index contributed by atoms with van der Waals surface area (Å²) in [5.41, 5.74) is -0.512. The van der Waals surface area contributed by atoms with Crippen LogP contribution in [0, 0.1) is 5.41 Å². The van der Waals surface area contributed by atoms with Crippen LogP contribution in [-0.4, -0.2) is 32.0 Å². The molecule has 0 saturated carbocycles. The van der Waals surface area contributed by atoms with E-state index in [2.05, 4.69) is 0 Å². The highest BCUT2D eigenvalue weighted by Gasteiger charge is 2.26. The predicted molar refractivity (Wildman–Crippen MR) is 60.0 cm³/mol. The van der Waals surface area contributed by atoms with Gasteiger partial charge >= 0.3 is 5.97 Å². The summed E-state index contributed by atoms with van der Waals surface area (Å²) in [6.45, 7) is 5.56. The van der Waals surface area contributed by atoms with Crippen LogP contribution in [0.2, 0.25) is 0 Å². The minimum atomic E-state index is -3.45. The van der Waals surface area contributed by atoms with Gasteiger partial charge in [-0.3, -0.25) is 4.79 Å². The summed E-state index contributed by atoms with van der Waals surface area (Å²) in [5, 5.41) is 0. The maximum Gasteiger partial charge on any atom is 0.311 e. The van der Waals surface area contributed by atoms with E-state index >= 15 is 0 Å². The zero-order valence-electron chi connectivity index (χ0n) is 9.39.